The van der Waals surface area contributed by atoms with E-state index in [2.05, 4.69) is 45.1 Å². The summed E-state index contributed by atoms with van der Waals surface area (Å²) in [5.74, 6) is 0. The normalized spacial score (nSPS) is 17.9. The molecule has 1 nitrogen and oxygen atoms in total. The Balaban J connectivity index is 1.94. The molecule has 1 aromatic carbocycles. The molecule has 0 saturated heterocycles. The highest BCUT2D eigenvalue weighted by Gasteiger charge is 2.30. The van der Waals surface area contributed by atoms with Crippen LogP contribution in [0, 0.1) is 26.2 Å². The molecule has 0 amide bonds. The lowest BCUT2D eigenvalue weighted by Gasteiger charge is -2.38. The number of rotatable bonds is 4. The van der Waals surface area contributed by atoms with Crippen LogP contribution in [0.25, 0.3) is 0 Å². The number of hydrogen-bond acceptors (Lipinski definition) is 1. The Morgan fingerprint density at radius 3 is 2.18 bits per heavy atom. The van der Waals surface area contributed by atoms with Gasteiger partial charge in [-0.15, -0.1) is 0 Å². The summed E-state index contributed by atoms with van der Waals surface area (Å²) in [6.07, 6.45) is 4.21. The first-order chi connectivity index (χ1) is 8.00. The molecule has 1 aliphatic rings. The highest BCUT2D eigenvalue weighted by Crippen LogP contribution is 2.39. The van der Waals surface area contributed by atoms with Crippen LogP contribution in [-0.2, 0) is 6.54 Å². The number of nitrogens with one attached hydrogen (secondary N) is 1. The minimum Gasteiger partial charge on any atom is -0.312 e. The van der Waals surface area contributed by atoms with Crippen molar-refractivity contribution in [2.24, 2.45) is 5.41 Å². The van der Waals surface area contributed by atoms with Crippen LogP contribution in [-0.4, -0.2) is 6.54 Å². The second-order valence-electron chi connectivity index (χ2n) is 6.15. The van der Waals surface area contributed by atoms with E-state index in [1.165, 1.54) is 48.1 Å². The Bertz CT molecular complexity index is 379. The molecular weight excluding hydrogens is 206 g/mol. The highest BCUT2D eigenvalue weighted by atomic mass is 14.9. The van der Waals surface area contributed by atoms with Crippen LogP contribution in [0.3, 0.4) is 0 Å². The zero-order valence-electron chi connectivity index (χ0n) is 11.7. The zero-order valence-corrected chi connectivity index (χ0v) is 11.7. The third-order valence-corrected chi connectivity index (χ3v) is 4.25. The van der Waals surface area contributed by atoms with Crippen LogP contribution >= 0.6 is 0 Å². The van der Waals surface area contributed by atoms with Crippen LogP contribution in [0.1, 0.15) is 48.4 Å². The van der Waals surface area contributed by atoms with Crippen molar-refractivity contribution in [1.29, 1.82) is 0 Å². The van der Waals surface area contributed by atoms with E-state index in [1.807, 2.05) is 0 Å². The van der Waals surface area contributed by atoms with Gasteiger partial charge in [0.1, 0.15) is 0 Å². The monoisotopic (exact) mass is 231 g/mol. The molecule has 1 N–H and O–H groups in total. The van der Waals surface area contributed by atoms with E-state index in [4.69, 9.17) is 0 Å². The maximum Gasteiger partial charge on any atom is 0.0210 e. The molecule has 1 heteroatoms. The predicted octanol–water partition coefficient (Wildman–Crippen LogP) is 3.89. The molecule has 0 atom stereocenters. The highest BCUT2D eigenvalue weighted by molar-refractivity contribution is 5.37. The molecule has 2 rings (SSSR count). The molecule has 0 radical (unpaired) electrons. The van der Waals surface area contributed by atoms with Crippen LogP contribution in [0.4, 0.5) is 0 Å². The van der Waals surface area contributed by atoms with Gasteiger partial charge in [-0.1, -0.05) is 31.0 Å². The van der Waals surface area contributed by atoms with Gasteiger partial charge in [-0.05, 0) is 55.7 Å². The summed E-state index contributed by atoms with van der Waals surface area (Å²) in [4.78, 5) is 0. The minimum absolute atomic E-state index is 0.576. The molecule has 0 bridgehead atoms. The first-order valence-corrected chi connectivity index (χ1v) is 6.78. The summed E-state index contributed by atoms with van der Waals surface area (Å²) in [5, 5.41) is 3.65. The molecule has 1 saturated carbocycles. The maximum absolute atomic E-state index is 3.65. The van der Waals surface area contributed by atoms with Gasteiger partial charge in [-0.25, -0.2) is 0 Å². The van der Waals surface area contributed by atoms with Crippen molar-refractivity contribution in [1.82, 2.24) is 5.32 Å². The summed E-state index contributed by atoms with van der Waals surface area (Å²) in [6.45, 7) is 11.2. The zero-order chi connectivity index (χ0) is 12.5. The lowest BCUT2D eigenvalue weighted by molar-refractivity contribution is 0.156. The standard InChI is InChI=1S/C16H25N/c1-12-8-13(2)15(14(3)9-12)10-17-11-16(4)6-5-7-16/h8-9,17H,5-7,10-11H2,1-4H3. The molecular formula is C16H25N. The Labute approximate surface area is 106 Å². The van der Waals surface area contributed by atoms with Gasteiger partial charge in [0.15, 0.2) is 0 Å². The van der Waals surface area contributed by atoms with E-state index in [-0.39, 0.29) is 0 Å². The fraction of sp³-hybridized carbons (Fsp3) is 0.625. The van der Waals surface area contributed by atoms with Gasteiger partial charge in [0.2, 0.25) is 0 Å². The van der Waals surface area contributed by atoms with Crippen molar-refractivity contribution in [3.63, 3.8) is 0 Å². The molecule has 0 aliphatic heterocycles. The Morgan fingerprint density at radius 2 is 1.71 bits per heavy atom. The van der Waals surface area contributed by atoms with Crippen LogP contribution in [0.5, 0.6) is 0 Å². The van der Waals surface area contributed by atoms with E-state index >= 15 is 0 Å². The molecule has 1 aliphatic carbocycles. The van der Waals surface area contributed by atoms with Gasteiger partial charge in [0.05, 0.1) is 0 Å². The largest absolute Gasteiger partial charge is 0.312 e. The number of benzene rings is 1. The number of aryl methyl sites for hydroxylation is 3. The Morgan fingerprint density at radius 1 is 1.12 bits per heavy atom. The Hall–Kier alpha value is -0.820. The molecule has 0 aromatic heterocycles. The second-order valence-corrected chi connectivity index (χ2v) is 6.15. The van der Waals surface area contributed by atoms with E-state index in [0.29, 0.717) is 5.41 Å². The van der Waals surface area contributed by atoms with Gasteiger partial charge in [-0.2, -0.15) is 0 Å². The van der Waals surface area contributed by atoms with Crippen molar-refractivity contribution in [3.05, 3.63) is 34.4 Å². The van der Waals surface area contributed by atoms with E-state index in [9.17, 15) is 0 Å². The molecule has 0 spiro atoms. The lowest BCUT2D eigenvalue weighted by Crippen LogP contribution is -2.37. The fourth-order valence-corrected chi connectivity index (χ4v) is 2.94. The fourth-order valence-electron chi connectivity index (χ4n) is 2.94. The summed E-state index contributed by atoms with van der Waals surface area (Å²) in [7, 11) is 0. The summed E-state index contributed by atoms with van der Waals surface area (Å²) in [5.41, 5.74) is 6.28. The number of hydrogen-bond donors (Lipinski definition) is 1. The average Bonchev–Trinajstić information content (AvgIpc) is 2.19. The first kappa shape index (κ1) is 12.6. The second kappa shape index (κ2) is 4.81. The smallest absolute Gasteiger partial charge is 0.0210 e. The topological polar surface area (TPSA) is 12.0 Å². The molecule has 17 heavy (non-hydrogen) atoms. The maximum atomic E-state index is 3.65. The average molecular weight is 231 g/mol. The molecule has 1 aromatic rings. The van der Waals surface area contributed by atoms with E-state index in [1.54, 1.807) is 0 Å². The van der Waals surface area contributed by atoms with Crippen molar-refractivity contribution >= 4 is 0 Å². The summed E-state index contributed by atoms with van der Waals surface area (Å²) in [6, 6.07) is 4.57. The van der Waals surface area contributed by atoms with E-state index in [0.717, 1.165) is 6.54 Å². The lowest BCUT2D eigenvalue weighted by atomic mass is 9.70. The van der Waals surface area contributed by atoms with Gasteiger partial charge in [-0.3, -0.25) is 0 Å². The Kier molecular flexibility index (Phi) is 3.58. The van der Waals surface area contributed by atoms with Crippen LogP contribution in [0.15, 0.2) is 12.1 Å². The quantitative estimate of drug-likeness (QED) is 0.829. The van der Waals surface area contributed by atoms with E-state index < -0.39 is 0 Å². The van der Waals surface area contributed by atoms with Crippen molar-refractivity contribution in [2.75, 3.05) is 6.54 Å². The third-order valence-electron chi connectivity index (χ3n) is 4.25. The molecule has 1 fully saturated rings. The first-order valence-electron chi connectivity index (χ1n) is 6.78. The third kappa shape index (κ3) is 2.90. The SMILES string of the molecule is Cc1cc(C)c(CNCC2(C)CCC2)c(C)c1. The van der Waals surface area contributed by atoms with Gasteiger partial charge < -0.3 is 5.32 Å². The van der Waals surface area contributed by atoms with Gasteiger partial charge in [0, 0.05) is 13.1 Å². The van der Waals surface area contributed by atoms with Gasteiger partial charge >= 0.3 is 0 Å². The summed E-state index contributed by atoms with van der Waals surface area (Å²) < 4.78 is 0. The molecule has 94 valence electrons. The van der Waals surface area contributed by atoms with Crippen molar-refractivity contribution < 1.29 is 0 Å². The van der Waals surface area contributed by atoms with Crippen molar-refractivity contribution in [3.8, 4) is 0 Å². The predicted molar refractivity (Wildman–Crippen MR) is 74.3 cm³/mol. The van der Waals surface area contributed by atoms with Crippen LogP contribution in [0.2, 0.25) is 0 Å². The van der Waals surface area contributed by atoms with Crippen LogP contribution < -0.4 is 5.32 Å². The van der Waals surface area contributed by atoms with Crippen molar-refractivity contribution in [2.45, 2.75) is 53.5 Å². The minimum atomic E-state index is 0.576. The summed E-state index contributed by atoms with van der Waals surface area (Å²) >= 11 is 0. The molecule has 0 heterocycles. The molecule has 0 unspecified atom stereocenters. The van der Waals surface area contributed by atoms with Gasteiger partial charge in [0.25, 0.3) is 0 Å².